The Labute approximate surface area is 167 Å². The first kappa shape index (κ1) is 19.1. The first-order chi connectivity index (χ1) is 13.4. The third-order valence-corrected chi connectivity index (χ3v) is 6.84. The number of ketones is 1. The van der Waals surface area contributed by atoms with Crippen LogP contribution in [0.15, 0.2) is 17.2 Å². The van der Waals surface area contributed by atoms with Crippen LogP contribution >= 0.6 is 11.3 Å². The molecule has 7 heteroatoms. The molecule has 4 rings (SSSR count). The second-order valence-corrected chi connectivity index (χ2v) is 8.68. The van der Waals surface area contributed by atoms with Gasteiger partial charge in [-0.25, -0.2) is 4.98 Å². The summed E-state index contributed by atoms with van der Waals surface area (Å²) in [4.78, 5) is 32.6. The van der Waals surface area contributed by atoms with E-state index in [0.717, 1.165) is 41.0 Å². The molecule has 0 saturated carbocycles. The van der Waals surface area contributed by atoms with Crippen molar-refractivity contribution in [1.82, 2.24) is 14.1 Å². The van der Waals surface area contributed by atoms with Crippen molar-refractivity contribution < 1.29 is 9.53 Å². The largest absolute Gasteiger partial charge is 0.383 e. The smallest absolute Gasteiger partial charge is 0.262 e. The number of carbonyl (C=O) groups is 1. The van der Waals surface area contributed by atoms with Crippen molar-refractivity contribution in [2.24, 2.45) is 0 Å². The first-order valence-electron chi connectivity index (χ1n) is 9.62. The molecule has 1 aliphatic carbocycles. The van der Waals surface area contributed by atoms with E-state index in [1.165, 1.54) is 15.8 Å². The van der Waals surface area contributed by atoms with Gasteiger partial charge in [-0.15, -0.1) is 11.3 Å². The highest BCUT2D eigenvalue weighted by Gasteiger charge is 2.23. The van der Waals surface area contributed by atoms with E-state index in [1.54, 1.807) is 18.4 Å². The van der Waals surface area contributed by atoms with E-state index in [2.05, 4.69) is 16.5 Å². The Morgan fingerprint density at radius 1 is 1.36 bits per heavy atom. The predicted molar refractivity (Wildman–Crippen MR) is 111 cm³/mol. The molecule has 0 bridgehead atoms. The minimum atomic E-state index is -0.0979. The number of Topliss-reactive ketones (excluding diaryl/α,β-unsaturated/α-hetero) is 1. The number of fused-ring (bicyclic) bond motifs is 3. The Morgan fingerprint density at radius 2 is 2.14 bits per heavy atom. The SMILES string of the molecule is COC[C@H](C)n1c(C)cc(C(=O)Cn2cnc3sc4c(c3c2=O)CCC4)c1C. The average Bonchev–Trinajstić information content (AvgIpc) is 3.30. The maximum atomic E-state index is 13.0. The zero-order chi connectivity index (χ0) is 20.0. The van der Waals surface area contributed by atoms with E-state index >= 15 is 0 Å². The van der Waals surface area contributed by atoms with E-state index in [1.807, 2.05) is 19.9 Å². The molecule has 0 fully saturated rings. The summed E-state index contributed by atoms with van der Waals surface area (Å²) in [6.45, 7) is 6.59. The van der Waals surface area contributed by atoms with E-state index in [4.69, 9.17) is 4.74 Å². The lowest BCUT2D eigenvalue weighted by Gasteiger charge is -2.17. The lowest BCUT2D eigenvalue weighted by atomic mass is 10.1. The van der Waals surface area contributed by atoms with Crippen LogP contribution in [0.3, 0.4) is 0 Å². The highest BCUT2D eigenvalue weighted by Crippen LogP contribution is 2.34. The van der Waals surface area contributed by atoms with Crippen molar-refractivity contribution in [3.63, 3.8) is 0 Å². The van der Waals surface area contributed by atoms with E-state index in [-0.39, 0.29) is 23.9 Å². The summed E-state index contributed by atoms with van der Waals surface area (Å²) in [5.41, 5.74) is 3.63. The minimum Gasteiger partial charge on any atom is -0.383 e. The normalized spacial score (nSPS) is 14.6. The molecule has 3 aromatic heterocycles. The number of aromatic nitrogens is 3. The van der Waals surface area contributed by atoms with Gasteiger partial charge in [0, 0.05) is 28.9 Å². The Morgan fingerprint density at radius 3 is 2.89 bits per heavy atom. The molecule has 3 aromatic rings. The predicted octanol–water partition coefficient (Wildman–Crippen LogP) is 3.46. The van der Waals surface area contributed by atoms with E-state index < -0.39 is 0 Å². The van der Waals surface area contributed by atoms with Crippen molar-refractivity contribution in [2.45, 2.75) is 52.6 Å². The number of nitrogens with zero attached hydrogens (tertiary/aromatic N) is 3. The molecule has 0 N–H and O–H groups in total. The number of carbonyl (C=O) groups excluding carboxylic acids is 1. The number of hydrogen-bond donors (Lipinski definition) is 0. The van der Waals surface area contributed by atoms with Crippen molar-refractivity contribution in [1.29, 1.82) is 0 Å². The third-order valence-electron chi connectivity index (χ3n) is 5.64. The summed E-state index contributed by atoms with van der Waals surface area (Å²) < 4.78 is 8.84. The van der Waals surface area contributed by atoms with Gasteiger partial charge in [0.1, 0.15) is 4.83 Å². The van der Waals surface area contributed by atoms with Gasteiger partial charge in [0.2, 0.25) is 0 Å². The minimum absolute atomic E-state index is 0.00927. The molecule has 3 heterocycles. The summed E-state index contributed by atoms with van der Waals surface area (Å²) in [6, 6.07) is 2.05. The maximum Gasteiger partial charge on any atom is 0.262 e. The van der Waals surface area contributed by atoms with Crippen LogP contribution in [-0.4, -0.2) is 33.6 Å². The maximum absolute atomic E-state index is 13.0. The lowest BCUT2D eigenvalue weighted by Crippen LogP contribution is -2.25. The molecule has 0 aromatic carbocycles. The molecule has 148 valence electrons. The topological polar surface area (TPSA) is 66.1 Å². The monoisotopic (exact) mass is 399 g/mol. The molecule has 0 amide bonds. The molecule has 1 aliphatic rings. The highest BCUT2D eigenvalue weighted by atomic mass is 32.1. The van der Waals surface area contributed by atoms with Crippen LogP contribution in [0.1, 0.15) is 51.6 Å². The quantitative estimate of drug-likeness (QED) is 0.596. The first-order valence-corrected chi connectivity index (χ1v) is 10.4. The Balaban J connectivity index is 1.67. The molecule has 28 heavy (non-hydrogen) atoms. The van der Waals surface area contributed by atoms with Crippen LogP contribution in [0.5, 0.6) is 0 Å². The van der Waals surface area contributed by atoms with Gasteiger partial charge >= 0.3 is 0 Å². The lowest BCUT2D eigenvalue weighted by molar-refractivity contribution is 0.0969. The summed E-state index contributed by atoms with van der Waals surface area (Å²) in [5.74, 6) is -0.0703. The zero-order valence-electron chi connectivity index (χ0n) is 16.7. The van der Waals surface area contributed by atoms with Gasteiger partial charge in [-0.2, -0.15) is 0 Å². The molecule has 0 unspecified atom stereocenters. The number of thiophene rings is 1. The van der Waals surface area contributed by atoms with E-state index in [0.29, 0.717) is 17.6 Å². The fourth-order valence-electron chi connectivity index (χ4n) is 4.43. The average molecular weight is 400 g/mol. The van der Waals surface area contributed by atoms with Gasteiger partial charge in [0.25, 0.3) is 5.56 Å². The Hall–Kier alpha value is -2.25. The molecule has 0 spiro atoms. The summed E-state index contributed by atoms with van der Waals surface area (Å²) in [5, 5.41) is 0.715. The van der Waals surface area contributed by atoms with Crippen LogP contribution in [0, 0.1) is 13.8 Å². The van der Waals surface area contributed by atoms with Gasteiger partial charge < -0.3 is 9.30 Å². The third kappa shape index (κ3) is 3.02. The van der Waals surface area contributed by atoms with Gasteiger partial charge in [0.15, 0.2) is 5.78 Å². The van der Waals surface area contributed by atoms with Crippen molar-refractivity contribution in [2.75, 3.05) is 13.7 Å². The van der Waals surface area contributed by atoms with Crippen molar-refractivity contribution in [3.05, 3.63) is 50.1 Å². The van der Waals surface area contributed by atoms with Gasteiger partial charge in [-0.05, 0) is 51.7 Å². The summed E-state index contributed by atoms with van der Waals surface area (Å²) in [7, 11) is 1.67. The van der Waals surface area contributed by atoms with E-state index in [9.17, 15) is 9.59 Å². The molecular weight excluding hydrogens is 374 g/mol. The van der Waals surface area contributed by atoms with Crippen LogP contribution in [0.4, 0.5) is 0 Å². The van der Waals surface area contributed by atoms with Crippen LogP contribution < -0.4 is 5.56 Å². The molecule has 0 aliphatic heterocycles. The molecule has 0 radical (unpaired) electrons. The number of hydrogen-bond acceptors (Lipinski definition) is 5. The van der Waals surface area contributed by atoms with Crippen LogP contribution in [0.2, 0.25) is 0 Å². The molecule has 0 saturated heterocycles. The van der Waals surface area contributed by atoms with Gasteiger partial charge in [0.05, 0.1) is 30.9 Å². The molecular formula is C21H25N3O3S. The van der Waals surface area contributed by atoms with Crippen molar-refractivity contribution >= 4 is 27.3 Å². The fraction of sp³-hybridized carbons (Fsp3) is 0.476. The number of aryl methyl sites for hydroxylation is 3. The van der Waals surface area contributed by atoms with Crippen molar-refractivity contribution in [3.8, 4) is 0 Å². The second-order valence-electron chi connectivity index (χ2n) is 7.60. The fourth-order valence-corrected chi connectivity index (χ4v) is 5.64. The van der Waals surface area contributed by atoms with Crippen LogP contribution in [-0.2, 0) is 24.1 Å². The number of methoxy groups -OCH3 is 1. The highest BCUT2D eigenvalue weighted by molar-refractivity contribution is 7.18. The molecule has 6 nitrogen and oxygen atoms in total. The number of rotatable bonds is 6. The standard InChI is InChI=1S/C21H25N3O3S/c1-12-8-16(14(3)24(12)13(2)10-27-4)17(25)9-23-11-22-20-19(21(23)26)15-6-5-7-18(15)28-20/h8,11,13H,5-7,9-10H2,1-4H3/t13-/m0/s1. The summed E-state index contributed by atoms with van der Waals surface area (Å²) >= 11 is 1.62. The summed E-state index contributed by atoms with van der Waals surface area (Å²) in [6.07, 6.45) is 4.57. The second kappa shape index (κ2) is 7.29. The zero-order valence-corrected chi connectivity index (χ0v) is 17.6. The number of ether oxygens (including phenoxy) is 1. The van der Waals surface area contributed by atoms with Crippen LogP contribution in [0.25, 0.3) is 10.2 Å². The van der Waals surface area contributed by atoms with Gasteiger partial charge in [-0.3, -0.25) is 14.2 Å². The van der Waals surface area contributed by atoms with Gasteiger partial charge in [-0.1, -0.05) is 0 Å². The Kier molecular flexibility index (Phi) is 4.97. The molecule has 1 atom stereocenters. The Bertz CT molecular complexity index is 1120.